The standard InChI is InChI=1S/C36H75N/c1-4-7-10-13-16-18-20-22-24-26-29-32-35-37(34-31-28-15-12-9-6-3)36-33-30-27-25-23-21-19-17-14-11-8-5-2/h4-36H2,1-3H3. The van der Waals surface area contributed by atoms with Gasteiger partial charge in [0.2, 0.25) is 0 Å². The molecule has 0 radical (unpaired) electrons. The minimum atomic E-state index is 1.36. The molecule has 0 aliphatic rings. The molecule has 0 aromatic rings. The smallest absolute Gasteiger partial charge is 0.00187 e. The summed E-state index contributed by atoms with van der Waals surface area (Å²) in [7, 11) is 0. The van der Waals surface area contributed by atoms with Gasteiger partial charge in [-0.15, -0.1) is 0 Å². The number of rotatable bonds is 33. The van der Waals surface area contributed by atoms with Crippen molar-refractivity contribution in [1.82, 2.24) is 4.90 Å². The first kappa shape index (κ1) is 37.0. The molecule has 1 heteroatoms. The average molecular weight is 522 g/mol. The summed E-state index contributed by atoms with van der Waals surface area (Å²) in [5.41, 5.74) is 0. The number of unbranched alkanes of at least 4 members (excludes halogenated alkanes) is 27. The Kier molecular flexibility index (Phi) is 34.0. The number of hydrogen-bond donors (Lipinski definition) is 0. The zero-order valence-corrected chi connectivity index (χ0v) is 26.8. The topological polar surface area (TPSA) is 3.24 Å². The molecule has 0 heterocycles. The molecule has 0 bridgehead atoms. The van der Waals surface area contributed by atoms with Crippen LogP contribution in [-0.2, 0) is 0 Å². The lowest BCUT2D eigenvalue weighted by Gasteiger charge is -2.22. The molecule has 0 aromatic heterocycles. The summed E-state index contributed by atoms with van der Waals surface area (Å²) < 4.78 is 0. The molecule has 0 amide bonds. The predicted molar refractivity (Wildman–Crippen MR) is 172 cm³/mol. The summed E-state index contributed by atoms with van der Waals surface area (Å²) in [6.07, 6.45) is 43.6. The summed E-state index contributed by atoms with van der Waals surface area (Å²) in [6.45, 7) is 11.0. The van der Waals surface area contributed by atoms with Crippen LogP contribution in [0.5, 0.6) is 0 Å². The highest BCUT2D eigenvalue weighted by Gasteiger charge is 2.05. The largest absolute Gasteiger partial charge is 0.303 e. The highest BCUT2D eigenvalue weighted by Crippen LogP contribution is 2.15. The van der Waals surface area contributed by atoms with E-state index in [9.17, 15) is 0 Å². The van der Waals surface area contributed by atoms with Crippen molar-refractivity contribution in [1.29, 1.82) is 0 Å². The van der Waals surface area contributed by atoms with Gasteiger partial charge in [-0.25, -0.2) is 0 Å². The molecule has 0 saturated heterocycles. The van der Waals surface area contributed by atoms with Gasteiger partial charge in [-0.1, -0.05) is 194 Å². The quantitative estimate of drug-likeness (QED) is 0.0776. The normalized spacial score (nSPS) is 11.7. The molecule has 0 saturated carbocycles. The highest BCUT2D eigenvalue weighted by molar-refractivity contribution is 4.61. The van der Waals surface area contributed by atoms with Crippen molar-refractivity contribution >= 4 is 0 Å². The lowest BCUT2D eigenvalue weighted by Crippen LogP contribution is -2.27. The first-order chi connectivity index (χ1) is 18.3. The lowest BCUT2D eigenvalue weighted by molar-refractivity contribution is 0.254. The third kappa shape index (κ3) is 32.1. The van der Waals surface area contributed by atoms with E-state index in [1.54, 1.807) is 0 Å². The van der Waals surface area contributed by atoms with Gasteiger partial charge >= 0.3 is 0 Å². The van der Waals surface area contributed by atoms with E-state index in [2.05, 4.69) is 25.7 Å². The summed E-state index contributed by atoms with van der Waals surface area (Å²) in [4.78, 5) is 2.84. The molecule has 0 unspecified atom stereocenters. The van der Waals surface area contributed by atoms with E-state index in [-0.39, 0.29) is 0 Å². The fourth-order valence-electron chi connectivity index (χ4n) is 5.80. The van der Waals surface area contributed by atoms with E-state index in [0.29, 0.717) is 0 Å². The third-order valence-electron chi connectivity index (χ3n) is 8.48. The summed E-state index contributed by atoms with van der Waals surface area (Å²) in [6, 6.07) is 0. The third-order valence-corrected chi connectivity index (χ3v) is 8.48. The highest BCUT2D eigenvalue weighted by atomic mass is 15.1. The minimum Gasteiger partial charge on any atom is -0.303 e. The van der Waals surface area contributed by atoms with Crippen molar-refractivity contribution in [2.24, 2.45) is 0 Å². The maximum absolute atomic E-state index is 2.84. The molecule has 224 valence electrons. The van der Waals surface area contributed by atoms with Gasteiger partial charge in [0.1, 0.15) is 0 Å². The van der Waals surface area contributed by atoms with E-state index in [0.717, 1.165) is 0 Å². The lowest BCUT2D eigenvalue weighted by atomic mass is 10.0. The molecular weight excluding hydrogens is 446 g/mol. The Hall–Kier alpha value is -0.0400. The SMILES string of the molecule is CCCCCCCCCCCCCCN(CCCCCCCC)CCCCCCCCCCCCCC. The van der Waals surface area contributed by atoms with Gasteiger partial charge in [-0.05, 0) is 38.9 Å². The van der Waals surface area contributed by atoms with Crippen LogP contribution in [0.25, 0.3) is 0 Å². The van der Waals surface area contributed by atoms with Gasteiger partial charge in [0.25, 0.3) is 0 Å². The van der Waals surface area contributed by atoms with Crippen molar-refractivity contribution in [2.75, 3.05) is 19.6 Å². The second kappa shape index (κ2) is 34.0. The second-order valence-corrected chi connectivity index (χ2v) is 12.4. The summed E-state index contributed by atoms with van der Waals surface area (Å²) >= 11 is 0. The van der Waals surface area contributed by atoms with Crippen LogP contribution < -0.4 is 0 Å². The van der Waals surface area contributed by atoms with Crippen LogP contribution in [0.1, 0.15) is 213 Å². The molecule has 0 aromatic carbocycles. The first-order valence-corrected chi connectivity index (χ1v) is 18.1. The minimum absolute atomic E-state index is 1.36. The van der Waals surface area contributed by atoms with Crippen LogP contribution in [0.4, 0.5) is 0 Å². The van der Waals surface area contributed by atoms with E-state index in [4.69, 9.17) is 0 Å². The van der Waals surface area contributed by atoms with Gasteiger partial charge in [-0.3, -0.25) is 0 Å². The van der Waals surface area contributed by atoms with Crippen LogP contribution >= 0.6 is 0 Å². The van der Waals surface area contributed by atoms with E-state index in [1.807, 2.05) is 0 Å². The first-order valence-electron chi connectivity index (χ1n) is 18.1. The van der Waals surface area contributed by atoms with E-state index >= 15 is 0 Å². The van der Waals surface area contributed by atoms with Crippen LogP contribution in [0.2, 0.25) is 0 Å². The van der Waals surface area contributed by atoms with Gasteiger partial charge < -0.3 is 4.90 Å². The zero-order valence-electron chi connectivity index (χ0n) is 26.8. The Balaban J connectivity index is 3.77. The Labute approximate surface area is 237 Å². The van der Waals surface area contributed by atoms with Gasteiger partial charge in [0.05, 0.1) is 0 Å². The van der Waals surface area contributed by atoms with Crippen molar-refractivity contribution in [2.45, 2.75) is 213 Å². The average Bonchev–Trinajstić information content (AvgIpc) is 2.91. The molecule has 0 aliphatic heterocycles. The fraction of sp³-hybridized carbons (Fsp3) is 1.00. The molecule has 0 N–H and O–H groups in total. The Morgan fingerprint density at radius 1 is 0.216 bits per heavy atom. The molecule has 1 nitrogen and oxygen atoms in total. The monoisotopic (exact) mass is 522 g/mol. The fourth-order valence-corrected chi connectivity index (χ4v) is 5.80. The number of hydrogen-bond acceptors (Lipinski definition) is 1. The summed E-state index contributed by atoms with van der Waals surface area (Å²) in [5.74, 6) is 0. The van der Waals surface area contributed by atoms with Crippen LogP contribution in [0.3, 0.4) is 0 Å². The zero-order chi connectivity index (χ0) is 26.9. The van der Waals surface area contributed by atoms with Crippen molar-refractivity contribution < 1.29 is 0 Å². The molecule has 37 heavy (non-hydrogen) atoms. The molecule has 0 fully saturated rings. The molecule has 0 spiro atoms. The Bertz CT molecular complexity index is 351. The maximum Gasteiger partial charge on any atom is -0.00187 e. The molecule has 0 rings (SSSR count). The second-order valence-electron chi connectivity index (χ2n) is 12.4. The number of nitrogens with zero attached hydrogens (tertiary/aromatic N) is 1. The van der Waals surface area contributed by atoms with E-state index in [1.165, 1.54) is 212 Å². The molecule has 0 aliphatic carbocycles. The molecule has 0 atom stereocenters. The van der Waals surface area contributed by atoms with Gasteiger partial charge in [-0.2, -0.15) is 0 Å². The van der Waals surface area contributed by atoms with Crippen LogP contribution in [0, 0.1) is 0 Å². The van der Waals surface area contributed by atoms with Gasteiger partial charge in [0, 0.05) is 0 Å². The van der Waals surface area contributed by atoms with Crippen molar-refractivity contribution in [3.63, 3.8) is 0 Å². The van der Waals surface area contributed by atoms with Crippen LogP contribution in [-0.4, -0.2) is 24.5 Å². The molecular formula is C36H75N. The summed E-state index contributed by atoms with van der Waals surface area (Å²) in [5, 5.41) is 0. The maximum atomic E-state index is 2.84. The van der Waals surface area contributed by atoms with Crippen molar-refractivity contribution in [3.8, 4) is 0 Å². The van der Waals surface area contributed by atoms with E-state index < -0.39 is 0 Å². The predicted octanol–water partition coefficient (Wildman–Crippen LogP) is 13.1. The Morgan fingerprint density at radius 2 is 0.378 bits per heavy atom. The van der Waals surface area contributed by atoms with Gasteiger partial charge in [0.15, 0.2) is 0 Å². The van der Waals surface area contributed by atoms with Crippen molar-refractivity contribution in [3.05, 3.63) is 0 Å². The van der Waals surface area contributed by atoms with Crippen LogP contribution in [0.15, 0.2) is 0 Å². The Morgan fingerprint density at radius 3 is 0.568 bits per heavy atom.